The van der Waals surface area contributed by atoms with E-state index in [2.05, 4.69) is 0 Å². The van der Waals surface area contributed by atoms with E-state index in [1.165, 1.54) is 40.9 Å². The zero-order valence-electron chi connectivity index (χ0n) is 16.0. The number of likely N-dealkylation sites (N-methyl/N-ethyl adjacent to an activating group) is 1. The summed E-state index contributed by atoms with van der Waals surface area (Å²) in [7, 11) is 0. The van der Waals surface area contributed by atoms with Crippen LogP contribution in [0.15, 0.2) is 53.4 Å². The zero-order chi connectivity index (χ0) is 20.8. The Morgan fingerprint density at radius 3 is 2.62 bits per heavy atom. The quantitative estimate of drug-likeness (QED) is 0.649. The Hall–Kier alpha value is -2.87. The molecule has 1 aliphatic rings. The molecule has 2 aromatic carbocycles. The van der Waals surface area contributed by atoms with E-state index >= 15 is 0 Å². The minimum atomic E-state index is -0.558. The molecule has 3 rings (SSSR count). The molecule has 1 heterocycles. The lowest BCUT2D eigenvalue weighted by molar-refractivity contribution is -0.147. The zero-order valence-corrected chi connectivity index (χ0v) is 16.8. The smallest absolute Gasteiger partial charge is 0.308 e. The average Bonchev–Trinajstić information content (AvgIpc) is 2.73. The molecule has 0 fully saturated rings. The second-order valence-electron chi connectivity index (χ2n) is 6.33. The summed E-state index contributed by atoms with van der Waals surface area (Å²) < 4.78 is 18.2. The number of para-hydroxylation sites is 1. The van der Waals surface area contributed by atoms with Crippen LogP contribution in [0.4, 0.5) is 15.8 Å². The lowest BCUT2D eigenvalue weighted by Gasteiger charge is -2.28. The molecule has 29 heavy (non-hydrogen) atoms. The van der Waals surface area contributed by atoms with E-state index in [0.29, 0.717) is 18.0 Å². The molecule has 0 aliphatic carbocycles. The van der Waals surface area contributed by atoms with Crippen LogP contribution in [0.2, 0.25) is 0 Å². The van der Waals surface area contributed by atoms with Crippen LogP contribution in [-0.4, -0.2) is 43.2 Å². The van der Waals surface area contributed by atoms with Gasteiger partial charge in [0.05, 0.1) is 17.9 Å². The molecule has 6 nitrogen and oxygen atoms in total. The number of carbonyl (C=O) groups is 3. The average molecular weight is 416 g/mol. The van der Waals surface area contributed by atoms with Gasteiger partial charge < -0.3 is 14.5 Å². The van der Waals surface area contributed by atoms with Crippen molar-refractivity contribution in [1.82, 2.24) is 0 Å². The van der Waals surface area contributed by atoms with Crippen LogP contribution in [0.3, 0.4) is 0 Å². The molecule has 0 atom stereocenters. The van der Waals surface area contributed by atoms with E-state index in [1.807, 2.05) is 24.3 Å². The first kappa shape index (κ1) is 20.9. The molecule has 8 heteroatoms. The summed E-state index contributed by atoms with van der Waals surface area (Å²) in [6, 6.07) is 13.1. The summed E-state index contributed by atoms with van der Waals surface area (Å²) in [5.74, 6) is -1.09. The Bertz CT molecular complexity index is 904. The molecule has 0 saturated heterocycles. The number of benzene rings is 2. The third-order valence-corrected chi connectivity index (χ3v) is 5.51. The van der Waals surface area contributed by atoms with Crippen molar-refractivity contribution in [2.24, 2.45) is 0 Å². The summed E-state index contributed by atoms with van der Waals surface area (Å²) in [5, 5.41) is 0. The Kier molecular flexibility index (Phi) is 6.87. The minimum absolute atomic E-state index is 0.0132. The van der Waals surface area contributed by atoms with Crippen molar-refractivity contribution in [1.29, 1.82) is 0 Å². The highest BCUT2D eigenvalue weighted by Gasteiger charge is 2.25. The van der Waals surface area contributed by atoms with Gasteiger partial charge in [0.15, 0.2) is 6.61 Å². The molecule has 0 aromatic heterocycles. The van der Waals surface area contributed by atoms with Gasteiger partial charge in [0.2, 0.25) is 5.91 Å². The van der Waals surface area contributed by atoms with Gasteiger partial charge >= 0.3 is 5.97 Å². The predicted molar refractivity (Wildman–Crippen MR) is 110 cm³/mol. The highest BCUT2D eigenvalue weighted by molar-refractivity contribution is 8.00. The number of hydrogen-bond donors (Lipinski definition) is 0. The third-order valence-electron chi connectivity index (χ3n) is 4.46. The van der Waals surface area contributed by atoms with E-state index in [0.717, 1.165) is 10.6 Å². The van der Waals surface area contributed by atoms with Crippen LogP contribution in [-0.2, 0) is 19.1 Å². The second kappa shape index (κ2) is 9.56. The van der Waals surface area contributed by atoms with Gasteiger partial charge in [0.25, 0.3) is 5.91 Å². The van der Waals surface area contributed by atoms with Crippen LogP contribution in [0, 0.1) is 5.82 Å². The van der Waals surface area contributed by atoms with E-state index < -0.39 is 24.3 Å². The first-order chi connectivity index (χ1) is 14.0. The molecule has 0 spiro atoms. The minimum Gasteiger partial charge on any atom is -0.455 e. The molecule has 0 bridgehead atoms. The van der Waals surface area contributed by atoms with Crippen molar-refractivity contribution < 1.29 is 23.5 Å². The lowest BCUT2D eigenvalue weighted by Crippen LogP contribution is -2.38. The van der Waals surface area contributed by atoms with Crippen molar-refractivity contribution in [2.75, 3.05) is 35.2 Å². The van der Waals surface area contributed by atoms with Crippen LogP contribution in [0.25, 0.3) is 0 Å². The van der Waals surface area contributed by atoms with E-state index in [1.54, 1.807) is 11.8 Å². The van der Waals surface area contributed by atoms with Gasteiger partial charge in [-0.1, -0.05) is 12.1 Å². The number of hydrogen-bond acceptors (Lipinski definition) is 5. The van der Waals surface area contributed by atoms with Gasteiger partial charge in [0, 0.05) is 23.7 Å². The van der Waals surface area contributed by atoms with Crippen LogP contribution in [0.5, 0.6) is 0 Å². The number of rotatable bonds is 7. The molecule has 2 amide bonds. The Morgan fingerprint density at radius 2 is 1.90 bits per heavy atom. The van der Waals surface area contributed by atoms with Crippen LogP contribution in [0.1, 0.15) is 13.3 Å². The summed E-state index contributed by atoms with van der Waals surface area (Å²) in [6.45, 7) is 1.92. The molecule has 152 valence electrons. The summed E-state index contributed by atoms with van der Waals surface area (Å²) in [4.78, 5) is 40.7. The monoisotopic (exact) mass is 416 g/mol. The van der Waals surface area contributed by atoms with E-state index in [9.17, 15) is 18.8 Å². The van der Waals surface area contributed by atoms with E-state index in [-0.39, 0.29) is 18.9 Å². The van der Waals surface area contributed by atoms with Gasteiger partial charge in [-0.25, -0.2) is 4.39 Å². The molecule has 2 aromatic rings. The van der Waals surface area contributed by atoms with Crippen molar-refractivity contribution in [3.8, 4) is 0 Å². The number of esters is 1. The van der Waals surface area contributed by atoms with Gasteiger partial charge in [-0.2, -0.15) is 0 Å². The van der Waals surface area contributed by atoms with Gasteiger partial charge in [-0.05, 0) is 43.3 Å². The standard InChI is InChI=1S/C21H21FN2O4S/c1-2-23(16-9-7-15(22)8-10-16)19(25)13-28-21(27)11-12-24-17-5-3-4-6-18(17)29-14-20(24)26/h3-10H,2,11-14H2,1H3. The largest absolute Gasteiger partial charge is 0.455 e. The number of nitrogens with zero attached hydrogens (tertiary/aromatic N) is 2. The highest BCUT2D eigenvalue weighted by atomic mass is 32.2. The maximum absolute atomic E-state index is 13.1. The number of fused-ring (bicyclic) bond motifs is 1. The van der Waals surface area contributed by atoms with Crippen LogP contribution >= 0.6 is 11.8 Å². The first-order valence-electron chi connectivity index (χ1n) is 9.23. The Morgan fingerprint density at radius 1 is 1.17 bits per heavy atom. The summed E-state index contributed by atoms with van der Waals surface area (Å²) in [5.41, 5.74) is 1.31. The van der Waals surface area contributed by atoms with Gasteiger partial charge in [0.1, 0.15) is 5.82 Å². The molecule has 0 unspecified atom stereocenters. The van der Waals surface area contributed by atoms with Crippen LogP contribution < -0.4 is 9.80 Å². The number of anilines is 2. The number of amides is 2. The fourth-order valence-electron chi connectivity index (χ4n) is 3.02. The fraction of sp³-hybridized carbons (Fsp3) is 0.286. The molecular weight excluding hydrogens is 395 g/mol. The SMILES string of the molecule is CCN(C(=O)COC(=O)CCN1C(=O)CSc2ccccc21)c1ccc(F)cc1. The molecule has 0 saturated carbocycles. The van der Waals surface area contributed by atoms with Crippen molar-refractivity contribution in [3.63, 3.8) is 0 Å². The normalized spacial score (nSPS) is 13.0. The second-order valence-corrected chi connectivity index (χ2v) is 7.34. The Labute approximate surface area is 172 Å². The molecule has 0 N–H and O–H groups in total. The van der Waals surface area contributed by atoms with Crippen molar-refractivity contribution in [3.05, 3.63) is 54.3 Å². The topological polar surface area (TPSA) is 66.9 Å². The number of carbonyl (C=O) groups excluding carboxylic acids is 3. The number of halogens is 1. The van der Waals surface area contributed by atoms with Crippen molar-refractivity contribution >= 4 is 40.9 Å². The van der Waals surface area contributed by atoms with Crippen molar-refractivity contribution in [2.45, 2.75) is 18.2 Å². The summed E-state index contributed by atoms with van der Waals surface area (Å²) in [6.07, 6.45) is -0.0132. The van der Waals surface area contributed by atoms with E-state index in [4.69, 9.17) is 4.74 Å². The molecule has 0 radical (unpaired) electrons. The third kappa shape index (κ3) is 5.14. The maximum Gasteiger partial charge on any atom is 0.308 e. The first-order valence-corrected chi connectivity index (χ1v) is 10.2. The maximum atomic E-state index is 13.1. The van der Waals surface area contributed by atoms with Gasteiger partial charge in [-0.3, -0.25) is 14.4 Å². The Balaban J connectivity index is 1.53. The molecular formula is C21H21FN2O4S. The lowest BCUT2D eigenvalue weighted by atomic mass is 10.2. The molecule has 1 aliphatic heterocycles. The highest BCUT2D eigenvalue weighted by Crippen LogP contribution is 2.34. The predicted octanol–water partition coefficient (Wildman–Crippen LogP) is 3.25. The fourth-order valence-corrected chi connectivity index (χ4v) is 3.95. The number of ether oxygens (including phenoxy) is 1. The summed E-state index contributed by atoms with van der Waals surface area (Å²) >= 11 is 1.47. The van der Waals surface area contributed by atoms with Gasteiger partial charge in [-0.15, -0.1) is 11.8 Å². The number of thioether (sulfide) groups is 1.